The third kappa shape index (κ3) is 3.17. The summed E-state index contributed by atoms with van der Waals surface area (Å²) in [6.07, 6.45) is 0.754. The molecule has 2 aromatic carbocycles. The van der Waals surface area contributed by atoms with Crippen LogP contribution < -0.4 is 4.74 Å². The lowest BCUT2D eigenvalue weighted by Gasteiger charge is -2.11. The summed E-state index contributed by atoms with van der Waals surface area (Å²) in [4.78, 5) is 10.7. The molecule has 4 heteroatoms. The van der Waals surface area contributed by atoms with Crippen molar-refractivity contribution in [2.75, 3.05) is 0 Å². The topological polar surface area (TPSA) is 26.3 Å². The van der Waals surface area contributed by atoms with Crippen molar-refractivity contribution in [1.82, 2.24) is 0 Å². The molecule has 0 amide bonds. The summed E-state index contributed by atoms with van der Waals surface area (Å²) in [5.41, 5.74) is 2.71. The van der Waals surface area contributed by atoms with Crippen LogP contribution in [0.4, 0.5) is 0 Å². The van der Waals surface area contributed by atoms with Gasteiger partial charge >= 0.3 is 0 Å². The van der Waals surface area contributed by atoms with E-state index in [1.807, 2.05) is 26.0 Å². The van der Waals surface area contributed by atoms with Gasteiger partial charge in [-0.25, -0.2) is 0 Å². The average molecular weight is 340 g/mol. The van der Waals surface area contributed by atoms with Crippen molar-refractivity contribution >= 4 is 33.8 Å². The minimum absolute atomic E-state index is 0.419. The molecule has 19 heavy (non-hydrogen) atoms. The van der Waals surface area contributed by atoms with Crippen LogP contribution in [0.5, 0.6) is 11.5 Å². The number of hydrogen-bond acceptors (Lipinski definition) is 2. The van der Waals surface area contributed by atoms with E-state index >= 15 is 0 Å². The molecule has 0 fully saturated rings. The zero-order valence-corrected chi connectivity index (χ0v) is 12.9. The quantitative estimate of drug-likeness (QED) is 0.707. The van der Waals surface area contributed by atoms with Gasteiger partial charge in [-0.05, 0) is 55.3 Å². The van der Waals surface area contributed by atoms with Crippen LogP contribution in [-0.4, -0.2) is 6.29 Å². The maximum atomic E-state index is 10.7. The molecule has 0 N–H and O–H groups in total. The SMILES string of the molecule is Cc1cc(Oc2ccc(C=O)cc2Cl)cc(C)c1Br. The number of benzene rings is 2. The summed E-state index contributed by atoms with van der Waals surface area (Å²) in [6, 6.07) is 8.82. The Hall–Kier alpha value is -1.32. The van der Waals surface area contributed by atoms with Gasteiger partial charge in [-0.1, -0.05) is 27.5 Å². The van der Waals surface area contributed by atoms with Gasteiger partial charge in [0.2, 0.25) is 0 Å². The fraction of sp³-hybridized carbons (Fsp3) is 0.133. The molecule has 0 saturated carbocycles. The van der Waals surface area contributed by atoms with Crippen molar-refractivity contribution in [3.8, 4) is 11.5 Å². The molecule has 2 rings (SSSR count). The van der Waals surface area contributed by atoms with E-state index in [1.165, 1.54) is 0 Å². The summed E-state index contributed by atoms with van der Waals surface area (Å²) in [6.45, 7) is 4.00. The monoisotopic (exact) mass is 338 g/mol. The molecule has 0 radical (unpaired) electrons. The first-order valence-corrected chi connectivity index (χ1v) is 6.87. The van der Waals surface area contributed by atoms with Gasteiger partial charge in [-0.2, -0.15) is 0 Å². The molecule has 0 aromatic heterocycles. The molecule has 0 aliphatic rings. The average Bonchev–Trinajstić information content (AvgIpc) is 2.38. The first-order chi connectivity index (χ1) is 9.01. The third-order valence-electron chi connectivity index (χ3n) is 2.73. The van der Waals surface area contributed by atoms with Gasteiger partial charge in [0.15, 0.2) is 0 Å². The predicted octanol–water partition coefficient (Wildman–Crippen LogP) is 5.32. The largest absolute Gasteiger partial charge is 0.456 e. The number of carbonyl (C=O) groups is 1. The molecule has 0 aliphatic heterocycles. The molecule has 2 aromatic rings. The van der Waals surface area contributed by atoms with E-state index in [2.05, 4.69) is 15.9 Å². The molecule has 0 unspecified atom stereocenters. The minimum Gasteiger partial charge on any atom is -0.456 e. The molecule has 0 spiro atoms. The fourth-order valence-corrected chi connectivity index (χ4v) is 2.22. The van der Waals surface area contributed by atoms with Crippen LogP contribution >= 0.6 is 27.5 Å². The summed E-state index contributed by atoms with van der Waals surface area (Å²) in [5, 5.41) is 0.419. The van der Waals surface area contributed by atoms with Gasteiger partial charge in [0.05, 0.1) is 5.02 Å². The number of aryl methyl sites for hydroxylation is 2. The first-order valence-electron chi connectivity index (χ1n) is 5.70. The summed E-state index contributed by atoms with van der Waals surface area (Å²) >= 11 is 9.59. The molecule has 0 atom stereocenters. The van der Waals surface area contributed by atoms with E-state index in [1.54, 1.807) is 18.2 Å². The van der Waals surface area contributed by atoms with Crippen molar-refractivity contribution in [1.29, 1.82) is 0 Å². The Balaban J connectivity index is 2.33. The van der Waals surface area contributed by atoms with E-state index < -0.39 is 0 Å². The highest BCUT2D eigenvalue weighted by Gasteiger charge is 2.07. The highest BCUT2D eigenvalue weighted by atomic mass is 79.9. The van der Waals surface area contributed by atoms with Crippen LogP contribution in [0.15, 0.2) is 34.8 Å². The Bertz CT molecular complexity index is 615. The Kier molecular flexibility index (Phi) is 4.27. The Morgan fingerprint density at radius 1 is 1.16 bits per heavy atom. The van der Waals surface area contributed by atoms with Crippen molar-refractivity contribution in [2.24, 2.45) is 0 Å². The van der Waals surface area contributed by atoms with Gasteiger partial charge in [-0.15, -0.1) is 0 Å². The second-order valence-electron chi connectivity index (χ2n) is 4.28. The predicted molar refractivity (Wildman–Crippen MR) is 80.5 cm³/mol. The Labute approximate surface area is 125 Å². The van der Waals surface area contributed by atoms with Gasteiger partial charge in [0, 0.05) is 10.0 Å². The Morgan fingerprint density at radius 2 is 1.79 bits per heavy atom. The smallest absolute Gasteiger partial charge is 0.150 e. The van der Waals surface area contributed by atoms with Crippen LogP contribution in [0.3, 0.4) is 0 Å². The van der Waals surface area contributed by atoms with Crippen LogP contribution in [0, 0.1) is 13.8 Å². The van der Waals surface area contributed by atoms with E-state index in [-0.39, 0.29) is 0 Å². The maximum Gasteiger partial charge on any atom is 0.150 e. The van der Waals surface area contributed by atoms with E-state index in [4.69, 9.17) is 16.3 Å². The van der Waals surface area contributed by atoms with Gasteiger partial charge in [0.25, 0.3) is 0 Å². The van der Waals surface area contributed by atoms with E-state index in [9.17, 15) is 4.79 Å². The van der Waals surface area contributed by atoms with Crippen molar-refractivity contribution < 1.29 is 9.53 Å². The van der Waals surface area contributed by atoms with Crippen molar-refractivity contribution in [3.63, 3.8) is 0 Å². The number of rotatable bonds is 3. The highest BCUT2D eigenvalue weighted by Crippen LogP contribution is 2.33. The van der Waals surface area contributed by atoms with Crippen molar-refractivity contribution in [2.45, 2.75) is 13.8 Å². The fourth-order valence-electron chi connectivity index (χ4n) is 1.77. The standard InChI is InChI=1S/C15H12BrClO2/c1-9-5-12(6-10(2)15(9)16)19-14-4-3-11(8-18)7-13(14)17/h3-8H,1-2H3. The highest BCUT2D eigenvalue weighted by molar-refractivity contribution is 9.10. The van der Waals surface area contributed by atoms with Crippen LogP contribution in [-0.2, 0) is 0 Å². The number of carbonyl (C=O) groups excluding carboxylic acids is 1. The first kappa shape index (κ1) is 14.1. The van der Waals surface area contributed by atoms with Crippen LogP contribution in [0.1, 0.15) is 21.5 Å². The summed E-state index contributed by atoms with van der Waals surface area (Å²) < 4.78 is 6.83. The molecule has 0 saturated heterocycles. The van der Waals surface area contributed by atoms with Crippen LogP contribution in [0.25, 0.3) is 0 Å². The number of halogens is 2. The molecule has 2 nitrogen and oxygen atoms in total. The number of ether oxygens (including phenoxy) is 1. The zero-order chi connectivity index (χ0) is 14.0. The second kappa shape index (κ2) is 5.76. The lowest BCUT2D eigenvalue weighted by atomic mass is 10.1. The van der Waals surface area contributed by atoms with Crippen LogP contribution in [0.2, 0.25) is 5.02 Å². The lowest BCUT2D eigenvalue weighted by Crippen LogP contribution is -1.90. The molecular formula is C15H12BrClO2. The van der Waals surface area contributed by atoms with E-state index in [0.29, 0.717) is 16.3 Å². The maximum absolute atomic E-state index is 10.7. The summed E-state index contributed by atoms with van der Waals surface area (Å²) in [5.74, 6) is 1.26. The zero-order valence-electron chi connectivity index (χ0n) is 10.5. The van der Waals surface area contributed by atoms with Gasteiger partial charge < -0.3 is 4.74 Å². The molecule has 0 heterocycles. The molecule has 98 valence electrons. The van der Waals surface area contributed by atoms with Crippen molar-refractivity contribution in [3.05, 3.63) is 56.5 Å². The number of hydrogen-bond donors (Lipinski definition) is 0. The normalized spacial score (nSPS) is 10.3. The minimum atomic E-state index is 0.419. The molecule has 0 aliphatic carbocycles. The molecular weight excluding hydrogens is 328 g/mol. The summed E-state index contributed by atoms with van der Waals surface area (Å²) in [7, 11) is 0. The van der Waals surface area contributed by atoms with Gasteiger partial charge in [-0.3, -0.25) is 4.79 Å². The van der Waals surface area contributed by atoms with E-state index in [0.717, 1.165) is 27.6 Å². The third-order valence-corrected chi connectivity index (χ3v) is 4.28. The lowest BCUT2D eigenvalue weighted by molar-refractivity contribution is 0.112. The number of aldehydes is 1. The van der Waals surface area contributed by atoms with Gasteiger partial charge in [0.1, 0.15) is 17.8 Å². The second-order valence-corrected chi connectivity index (χ2v) is 5.48. The molecule has 0 bridgehead atoms. The Morgan fingerprint density at radius 3 is 2.32 bits per heavy atom.